The van der Waals surface area contributed by atoms with Gasteiger partial charge in [-0.2, -0.15) is 0 Å². The van der Waals surface area contributed by atoms with E-state index in [-0.39, 0.29) is 0 Å². The summed E-state index contributed by atoms with van der Waals surface area (Å²) in [7, 11) is 5.55. The zero-order valence-corrected chi connectivity index (χ0v) is 12.3. The first-order valence-electron chi connectivity index (χ1n) is 7.21. The summed E-state index contributed by atoms with van der Waals surface area (Å²) in [4.78, 5) is 2.40. The Labute approximate surface area is 116 Å². The molecule has 0 bridgehead atoms. The maximum absolute atomic E-state index is 5.39. The van der Waals surface area contributed by atoms with E-state index in [9.17, 15) is 0 Å². The molecule has 2 rings (SSSR count). The molecule has 0 unspecified atom stereocenters. The van der Waals surface area contributed by atoms with E-state index in [4.69, 9.17) is 9.47 Å². The second-order valence-corrected chi connectivity index (χ2v) is 5.30. The van der Waals surface area contributed by atoms with Crippen molar-refractivity contribution in [3.8, 4) is 11.5 Å². The van der Waals surface area contributed by atoms with Gasteiger partial charge in [-0.05, 0) is 25.0 Å². The van der Waals surface area contributed by atoms with Gasteiger partial charge in [-0.25, -0.2) is 0 Å². The molecule has 0 N–H and O–H groups in total. The zero-order valence-electron chi connectivity index (χ0n) is 12.3. The fourth-order valence-electron chi connectivity index (χ4n) is 2.90. The third-order valence-electron chi connectivity index (χ3n) is 4.15. The van der Waals surface area contributed by atoms with E-state index >= 15 is 0 Å². The number of benzene rings is 1. The second-order valence-electron chi connectivity index (χ2n) is 5.30. The molecule has 3 heteroatoms. The van der Waals surface area contributed by atoms with Gasteiger partial charge in [0, 0.05) is 24.8 Å². The van der Waals surface area contributed by atoms with E-state index in [0.29, 0.717) is 6.04 Å². The van der Waals surface area contributed by atoms with E-state index in [2.05, 4.69) is 24.1 Å². The normalized spacial score (nSPS) is 16.8. The summed E-state index contributed by atoms with van der Waals surface area (Å²) in [6.45, 7) is 0. The molecule has 0 spiro atoms. The Hall–Kier alpha value is -1.38. The van der Waals surface area contributed by atoms with Gasteiger partial charge in [0.25, 0.3) is 0 Å². The van der Waals surface area contributed by atoms with E-state index in [1.807, 2.05) is 6.07 Å². The predicted molar refractivity (Wildman–Crippen MR) is 79.4 cm³/mol. The lowest BCUT2D eigenvalue weighted by molar-refractivity contribution is 0.355. The summed E-state index contributed by atoms with van der Waals surface area (Å²) in [6, 6.07) is 6.83. The third-order valence-corrected chi connectivity index (χ3v) is 4.15. The molecule has 0 saturated heterocycles. The van der Waals surface area contributed by atoms with Gasteiger partial charge in [0.2, 0.25) is 0 Å². The highest BCUT2D eigenvalue weighted by Gasteiger charge is 2.18. The van der Waals surface area contributed by atoms with E-state index in [0.717, 1.165) is 11.5 Å². The van der Waals surface area contributed by atoms with Crippen molar-refractivity contribution in [3.63, 3.8) is 0 Å². The lowest BCUT2D eigenvalue weighted by Gasteiger charge is -2.29. The zero-order chi connectivity index (χ0) is 13.7. The van der Waals surface area contributed by atoms with Crippen LogP contribution in [0.15, 0.2) is 18.2 Å². The molecule has 0 atom stereocenters. The smallest absolute Gasteiger partial charge is 0.162 e. The maximum Gasteiger partial charge on any atom is 0.162 e. The Morgan fingerprint density at radius 2 is 1.58 bits per heavy atom. The van der Waals surface area contributed by atoms with Crippen LogP contribution >= 0.6 is 0 Å². The number of hydrogen-bond acceptors (Lipinski definition) is 3. The van der Waals surface area contributed by atoms with Crippen molar-refractivity contribution < 1.29 is 9.47 Å². The van der Waals surface area contributed by atoms with Gasteiger partial charge >= 0.3 is 0 Å². The van der Waals surface area contributed by atoms with Gasteiger partial charge in [-0.1, -0.05) is 25.7 Å². The van der Waals surface area contributed by atoms with Crippen molar-refractivity contribution in [1.82, 2.24) is 0 Å². The van der Waals surface area contributed by atoms with Crippen LogP contribution in [-0.4, -0.2) is 27.3 Å². The van der Waals surface area contributed by atoms with E-state index in [1.165, 1.54) is 44.2 Å². The van der Waals surface area contributed by atoms with Crippen LogP contribution < -0.4 is 14.4 Å². The largest absolute Gasteiger partial charge is 0.493 e. The van der Waals surface area contributed by atoms with Crippen molar-refractivity contribution >= 4 is 5.69 Å². The van der Waals surface area contributed by atoms with Gasteiger partial charge < -0.3 is 14.4 Å². The Morgan fingerprint density at radius 3 is 2.16 bits per heavy atom. The van der Waals surface area contributed by atoms with Crippen molar-refractivity contribution in [2.75, 3.05) is 26.2 Å². The molecule has 1 aromatic carbocycles. The Morgan fingerprint density at radius 1 is 0.947 bits per heavy atom. The van der Waals surface area contributed by atoms with Crippen LogP contribution in [0.3, 0.4) is 0 Å². The summed E-state index contributed by atoms with van der Waals surface area (Å²) in [6.07, 6.45) is 8.06. The number of methoxy groups -OCH3 is 2. The molecule has 0 heterocycles. The fraction of sp³-hybridized carbons (Fsp3) is 0.625. The first-order chi connectivity index (χ1) is 9.26. The van der Waals surface area contributed by atoms with Crippen LogP contribution in [0.4, 0.5) is 5.69 Å². The van der Waals surface area contributed by atoms with Gasteiger partial charge in [0.15, 0.2) is 11.5 Å². The van der Waals surface area contributed by atoms with Crippen LogP contribution in [0.25, 0.3) is 0 Å². The van der Waals surface area contributed by atoms with Gasteiger partial charge in [0.05, 0.1) is 14.2 Å². The van der Waals surface area contributed by atoms with E-state index in [1.54, 1.807) is 14.2 Å². The molecular weight excluding hydrogens is 238 g/mol. The Bertz CT molecular complexity index is 398. The quantitative estimate of drug-likeness (QED) is 0.770. The Kier molecular flexibility index (Phi) is 4.94. The predicted octanol–water partition coefficient (Wildman–Crippen LogP) is 3.86. The van der Waals surface area contributed by atoms with Gasteiger partial charge in [-0.3, -0.25) is 0 Å². The molecule has 1 saturated carbocycles. The summed E-state index contributed by atoms with van der Waals surface area (Å²) in [5.41, 5.74) is 1.21. The van der Waals surface area contributed by atoms with Crippen LogP contribution in [-0.2, 0) is 0 Å². The minimum absolute atomic E-state index is 0.653. The fourth-order valence-corrected chi connectivity index (χ4v) is 2.90. The van der Waals surface area contributed by atoms with Crippen molar-refractivity contribution in [2.45, 2.75) is 44.6 Å². The number of rotatable bonds is 4. The highest BCUT2D eigenvalue weighted by Crippen LogP contribution is 2.33. The van der Waals surface area contributed by atoms with Crippen LogP contribution in [0.5, 0.6) is 11.5 Å². The van der Waals surface area contributed by atoms with Crippen LogP contribution in [0.2, 0.25) is 0 Å². The summed E-state index contributed by atoms with van der Waals surface area (Å²) < 4.78 is 10.7. The van der Waals surface area contributed by atoms with Gasteiger partial charge in [-0.15, -0.1) is 0 Å². The number of hydrogen-bond donors (Lipinski definition) is 0. The molecule has 3 nitrogen and oxygen atoms in total. The lowest BCUT2D eigenvalue weighted by atomic mass is 10.1. The molecule has 1 aromatic rings. The molecule has 1 aliphatic rings. The minimum atomic E-state index is 0.653. The first kappa shape index (κ1) is 14.0. The van der Waals surface area contributed by atoms with E-state index < -0.39 is 0 Å². The topological polar surface area (TPSA) is 21.7 Å². The van der Waals surface area contributed by atoms with Crippen LogP contribution in [0, 0.1) is 0 Å². The molecule has 0 aromatic heterocycles. The highest BCUT2D eigenvalue weighted by molar-refractivity contribution is 5.56. The van der Waals surface area contributed by atoms with Crippen molar-refractivity contribution in [2.24, 2.45) is 0 Å². The SMILES string of the molecule is COc1ccc(N(C)C2CCCCCC2)cc1OC. The van der Waals surface area contributed by atoms with Crippen LogP contribution in [0.1, 0.15) is 38.5 Å². The molecule has 19 heavy (non-hydrogen) atoms. The standard InChI is InChI=1S/C16H25NO2/c1-17(13-8-6-4-5-7-9-13)14-10-11-15(18-2)16(12-14)19-3/h10-13H,4-9H2,1-3H3. The summed E-state index contributed by atoms with van der Waals surface area (Å²) >= 11 is 0. The maximum atomic E-state index is 5.39. The molecular formula is C16H25NO2. The van der Waals surface area contributed by atoms with Crippen molar-refractivity contribution in [1.29, 1.82) is 0 Å². The highest BCUT2D eigenvalue weighted by atomic mass is 16.5. The average Bonchev–Trinajstić information content (AvgIpc) is 2.74. The second kappa shape index (κ2) is 6.69. The summed E-state index contributed by atoms with van der Waals surface area (Å²) in [5.74, 6) is 1.60. The first-order valence-corrected chi connectivity index (χ1v) is 7.21. The number of ether oxygens (including phenoxy) is 2. The summed E-state index contributed by atoms with van der Waals surface area (Å²) in [5, 5.41) is 0. The number of nitrogens with zero attached hydrogens (tertiary/aromatic N) is 1. The minimum Gasteiger partial charge on any atom is -0.493 e. The molecule has 0 amide bonds. The number of anilines is 1. The third kappa shape index (κ3) is 3.34. The lowest BCUT2D eigenvalue weighted by Crippen LogP contribution is -2.30. The van der Waals surface area contributed by atoms with Gasteiger partial charge in [0.1, 0.15) is 0 Å². The molecule has 0 aliphatic heterocycles. The van der Waals surface area contributed by atoms with Crippen molar-refractivity contribution in [3.05, 3.63) is 18.2 Å². The molecule has 1 aliphatic carbocycles. The Balaban J connectivity index is 2.15. The average molecular weight is 263 g/mol. The molecule has 0 radical (unpaired) electrons. The molecule has 1 fully saturated rings. The molecule has 106 valence electrons. The monoisotopic (exact) mass is 263 g/mol.